The van der Waals surface area contributed by atoms with E-state index in [1.54, 1.807) is 0 Å². The molecule has 0 aliphatic carbocycles. The monoisotopic (exact) mass is 319 g/mol. The third kappa shape index (κ3) is 3.17. The number of aryl methyl sites for hydroxylation is 3. The third-order valence-electron chi connectivity index (χ3n) is 2.69. The molecule has 0 aliphatic rings. The molecule has 0 fully saturated rings. The van der Waals surface area contributed by atoms with Crippen molar-refractivity contribution in [2.24, 2.45) is 0 Å². The highest BCUT2D eigenvalue weighted by molar-refractivity contribution is 9.10. The number of anilines is 1. The molecule has 1 aromatic heterocycles. The summed E-state index contributed by atoms with van der Waals surface area (Å²) in [6.07, 6.45) is 0. The van der Waals surface area contributed by atoms with E-state index in [0.29, 0.717) is 22.8 Å². The van der Waals surface area contributed by atoms with E-state index in [2.05, 4.69) is 31.2 Å². The number of amides is 1. The molecule has 4 nitrogen and oxygen atoms in total. The van der Waals surface area contributed by atoms with Crippen molar-refractivity contribution in [2.45, 2.75) is 20.8 Å². The topological polar surface area (TPSA) is 54.9 Å². The van der Waals surface area contributed by atoms with Crippen LogP contribution in [0, 0.1) is 20.8 Å². The van der Waals surface area contributed by atoms with E-state index in [9.17, 15) is 4.79 Å². The summed E-state index contributed by atoms with van der Waals surface area (Å²) in [5.41, 5.74) is 2.65. The molecule has 0 spiro atoms. The van der Waals surface area contributed by atoms with Crippen LogP contribution in [0.5, 0.6) is 0 Å². The van der Waals surface area contributed by atoms with Gasteiger partial charge >= 0.3 is 0 Å². The Labute approximate surface area is 120 Å². The van der Waals surface area contributed by atoms with Crippen LogP contribution in [-0.2, 0) is 0 Å². The highest BCUT2D eigenvalue weighted by Crippen LogP contribution is 2.18. The Kier molecular flexibility index (Phi) is 3.95. The van der Waals surface area contributed by atoms with Crippen LogP contribution in [0.1, 0.15) is 27.6 Å². The fourth-order valence-electron chi connectivity index (χ4n) is 1.97. The predicted molar refractivity (Wildman–Crippen MR) is 78.3 cm³/mol. The van der Waals surface area contributed by atoms with Gasteiger partial charge in [-0.05, 0) is 39.0 Å². The number of carbonyl (C=O) groups excluding carboxylic acids is 1. The molecular formula is C14H14BrN3O. The normalized spacial score (nSPS) is 10.3. The van der Waals surface area contributed by atoms with Gasteiger partial charge in [0.2, 0.25) is 0 Å². The highest BCUT2D eigenvalue weighted by atomic mass is 79.9. The number of halogens is 1. The Hall–Kier alpha value is -1.75. The van der Waals surface area contributed by atoms with E-state index in [1.165, 1.54) is 0 Å². The molecule has 2 rings (SSSR count). The maximum absolute atomic E-state index is 12.3. The molecule has 0 atom stereocenters. The van der Waals surface area contributed by atoms with Gasteiger partial charge in [-0.1, -0.05) is 22.0 Å². The summed E-state index contributed by atoms with van der Waals surface area (Å²) >= 11 is 3.37. The zero-order chi connectivity index (χ0) is 14.0. The van der Waals surface area contributed by atoms with Gasteiger partial charge in [0.1, 0.15) is 5.82 Å². The van der Waals surface area contributed by atoms with Crippen LogP contribution >= 0.6 is 15.9 Å². The lowest BCUT2D eigenvalue weighted by Crippen LogP contribution is -2.17. The summed E-state index contributed by atoms with van der Waals surface area (Å²) in [4.78, 5) is 20.7. The molecule has 98 valence electrons. The second-order valence-corrected chi connectivity index (χ2v) is 5.20. The van der Waals surface area contributed by atoms with Crippen molar-refractivity contribution in [3.8, 4) is 0 Å². The first-order valence-corrected chi connectivity index (χ1v) is 6.65. The van der Waals surface area contributed by atoms with E-state index < -0.39 is 0 Å². The van der Waals surface area contributed by atoms with Crippen molar-refractivity contribution in [1.82, 2.24) is 9.97 Å². The lowest BCUT2D eigenvalue weighted by molar-refractivity contribution is 0.102. The van der Waals surface area contributed by atoms with Gasteiger partial charge in [-0.2, -0.15) is 0 Å². The van der Waals surface area contributed by atoms with Crippen LogP contribution in [0.25, 0.3) is 0 Å². The van der Waals surface area contributed by atoms with Crippen molar-refractivity contribution < 1.29 is 4.79 Å². The van der Waals surface area contributed by atoms with Crippen molar-refractivity contribution in [2.75, 3.05) is 5.32 Å². The second-order valence-electron chi connectivity index (χ2n) is 4.28. The minimum Gasteiger partial charge on any atom is -0.322 e. The number of hydrogen-bond donors (Lipinski definition) is 1. The highest BCUT2D eigenvalue weighted by Gasteiger charge is 2.15. The van der Waals surface area contributed by atoms with Gasteiger partial charge < -0.3 is 5.32 Å². The molecule has 1 N–H and O–H groups in total. The van der Waals surface area contributed by atoms with E-state index >= 15 is 0 Å². The Morgan fingerprint density at radius 2 is 1.79 bits per heavy atom. The molecule has 5 heteroatoms. The maximum Gasteiger partial charge on any atom is 0.259 e. The number of nitrogens with one attached hydrogen (secondary N) is 1. The standard InChI is InChI=1S/C14H14BrN3O/c1-8-13(9(2)17-10(3)16-8)14(19)18-12-6-4-5-11(15)7-12/h4-7H,1-3H3,(H,18,19). The average Bonchev–Trinajstić information content (AvgIpc) is 2.27. The van der Waals surface area contributed by atoms with Crippen LogP contribution in [0.3, 0.4) is 0 Å². The fraction of sp³-hybridized carbons (Fsp3) is 0.214. The smallest absolute Gasteiger partial charge is 0.259 e. The van der Waals surface area contributed by atoms with Gasteiger partial charge in [-0.3, -0.25) is 4.79 Å². The van der Waals surface area contributed by atoms with Crippen LogP contribution in [0.4, 0.5) is 5.69 Å². The zero-order valence-electron chi connectivity index (χ0n) is 11.0. The Balaban J connectivity index is 2.31. The SMILES string of the molecule is Cc1nc(C)c(C(=O)Nc2cccc(Br)c2)c(C)n1. The molecule has 1 amide bonds. The number of hydrogen-bond acceptors (Lipinski definition) is 3. The minimum absolute atomic E-state index is 0.187. The largest absolute Gasteiger partial charge is 0.322 e. The fourth-order valence-corrected chi connectivity index (χ4v) is 2.37. The average molecular weight is 320 g/mol. The van der Waals surface area contributed by atoms with Crippen LogP contribution in [0.15, 0.2) is 28.7 Å². The molecule has 0 bridgehead atoms. The van der Waals surface area contributed by atoms with Crippen LogP contribution in [0.2, 0.25) is 0 Å². The number of carbonyl (C=O) groups is 1. The van der Waals surface area contributed by atoms with Crippen molar-refractivity contribution in [1.29, 1.82) is 0 Å². The summed E-state index contributed by atoms with van der Waals surface area (Å²) < 4.78 is 0.916. The van der Waals surface area contributed by atoms with Crippen LogP contribution in [-0.4, -0.2) is 15.9 Å². The van der Waals surface area contributed by atoms with E-state index in [1.807, 2.05) is 45.0 Å². The quantitative estimate of drug-likeness (QED) is 0.922. The molecule has 0 unspecified atom stereocenters. The summed E-state index contributed by atoms with van der Waals surface area (Å²) in [7, 11) is 0. The predicted octanol–water partition coefficient (Wildman–Crippen LogP) is 3.42. The third-order valence-corrected chi connectivity index (χ3v) is 3.19. The van der Waals surface area contributed by atoms with Gasteiger partial charge in [-0.25, -0.2) is 9.97 Å². The first kappa shape index (κ1) is 13.7. The molecule has 1 aromatic carbocycles. The van der Waals surface area contributed by atoms with Gasteiger partial charge in [0.25, 0.3) is 5.91 Å². The summed E-state index contributed by atoms with van der Waals surface area (Å²) in [6, 6.07) is 7.45. The maximum atomic E-state index is 12.3. The van der Waals surface area contributed by atoms with E-state index in [-0.39, 0.29) is 5.91 Å². The molecule has 19 heavy (non-hydrogen) atoms. The van der Waals surface area contributed by atoms with E-state index in [0.717, 1.165) is 10.2 Å². The number of rotatable bonds is 2. The molecular weight excluding hydrogens is 306 g/mol. The van der Waals surface area contributed by atoms with Gasteiger partial charge in [0, 0.05) is 10.2 Å². The van der Waals surface area contributed by atoms with Gasteiger partial charge in [0.15, 0.2) is 0 Å². The zero-order valence-corrected chi connectivity index (χ0v) is 12.6. The summed E-state index contributed by atoms with van der Waals surface area (Å²) in [5.74, 6) is 0.488. The number of benzene rings is 1. The lowest BCUT2D eigenvalue weighted by atomic mass is 10.1. The van der Waals surface area contributed by atoms with Crippen molar-refractivity contribution >= 4 is 27.5 Å². The van der Waals surface area contributed by atoms with Gasteiger partial charge in [0.05, 0.1) is 17.0 Å². The van der Waals surface area contributed by atoms with Crippen LogP contribution < -0.4 is 5.32 Å². The minimum atomic E-state index is -0.187. The van der Waals surface area contributed by atoms with Gasteiger partial charge in [-0.15, -0.1) is 0 Å². The first-order chi connectivity index (χ1) is 8.97. The Morgan fingerprint density at radius 3 is 2.37 bits per heavy atom. The lowest BCUT2D eigenvalue weighted by Gasteiger charge is -2.10. The Bertz CT molecular complexity index is 617. The summed E-state index contributed by atoms with van der Waals surface area (Å²) in [6.45, 7) is 5.45. The van der Waals surface area contributed by atoms with Crippen molar-refractivity contribution in [3.63, 3.8) is 0 Å². The molecule has 0 radical (unpaired) electrons. The molecule has 0 saturated heterocycles. The van der Waals surface area contributed by atoms with E-state index in [4.69, 9.17) is 0 Å². The number of nitrogens with zero attached hydrogens (tertiary/aromatic N) is 2. The molecule has 2 aromatic rings. The summed E-state index contributed by atoms with van der Waals surface area (Å²) in [5, 5.41) is 2.85. The molecule has 0 saturated carbocycles. The molecule has 1 heterocycles. The Morgan fingerprint density at radius 1 is 1.16 bits per heavy atom. The first-order valence-electron chi connectivity index (χ1n) is 5.86. The van der Waals surface area contributed by atoms with Crippen molar-refractivity contribution in [3.05, 3.63) is 51.5 Å². The molecule has 0 aliphatic heterocycles. The second kappa shape index (κ2) is 5.48. The number of aromatic nitrogens is 2.